The van der Waals surface area contributed by atoms with Gasteiger partial charge in [0, 0.05) is 18.8 Å². The van der Waals surface area contributed by atoms with Crippen molar-refractivity contribution in [2.24, 2.45) is 5.92 Å². The Bertz CT molecular complexity index is 440. The van der Waals surface area contributed by atoms with Crippen LogP contribution in [0.3, 0.4) is 0 Å². The summed E-state index contributed by atoms with van der Waals surface area (Å²) in [7, 11) is 0. The minimum Gasteiger partial charge on any atom is -0.399 e. The van der Waals surface area contributed by atoms with E-state index >= 15 is 0 Å². The third-order valence-corrected chi connectivity index (χ3v) is 4.18. The van der Waals surface area contributed by atoms with Gasteiger partial charge in [0.2, 0.25) is 5.91 Å². The van der Waals surface area contributed by atoms with Gasteiger partial charge in [0.05, 0.1) is 5.92 Å². The summed E-state index contributed by atoms with van der Waals surface area (Å²) in [6, 6.07) is 7.65. The highest BCUT2D eigenvalue weighted by Crippen LogP contribution is 2.28. The van der Waals surface area contributed by atoms with Gasteiger partial charge in [0.1, 0.15) is 0 Å². The van der Waals surface area contributed by atoms with Crippen LogP contribution >= 0.6 is 0 Å². The van der Waals surface area contributed by atoms with Gasteiger partial charge in [0.15, 0.2) is 0 Å². The Morgan fingerprint density at radius 1 is 1.47 bits per heavy atom. The second kappa shape index (κ2) is 6.09. The molecule has 3 nitrogen and oxygen atoms in total. The molecule has 0 spiro atoms. The van der Waals surface area contributed by atoms with Crippen molar-refractivity contribution >= 4 is 11.6 Å². The van der Waals surface area contributed by atoms with E-state index in [9.17, 15) is 4.79 Å². The van der Waals surface area contributed by atoms with E-state index in [2.05, 4.69) is 6.92 Å². The predicted octanol–water partition coefficient (Wildman–Crippen LogP) is 3.02. The van der Waals surface area contributed by atoms with Crippen molar-refractivity contribution in [1.29, 1.82) is 0 Å². The third kappa shape index (κ3) is 3.28. The third-order valence-electron chi connectivity index (χ3n) is 4.18. The number of likely N-dealkylation sites (N-methyl/N-ethyl adjacent to an activating group) is 1. The quantitative estimate of drug-likeness (QED) is 0.827. The van der Waals surface area contributed by atoms with E-state index in [0.717, 1.165) is 30.3 Å². The zero-order valence-corrected chi connectivity index (χ0v) is 11.9. The van der Waals surface area contributed by atoms with Crippen LogP contribution in [0, 0.1) is 5.92 Å². The van der Waals surface area contributed by atoms with E-state index in [1.165, 1.54) is 19.3 Å². The molecule has 0 heterocycles. The first kappa shape index (κ1) is 13.9. The van der Waals surface area contributed by atoms with Gasteiger partial charge in [0.25, 0.3) is 0 Å². The summed E-state index contributed by atoms with van der Waals surface area (Å²) in [6.07, 6.45) is 3.87. The Labute approximate surface area is 115 Å². The summed E-state index contributed by atoms with van der Waals surface area (Å²) < 4.78 is 0. The number of rotatable bonds is 5. The Morgan fingerprint density at radius 3 is 2.74 bits per heavy atom. The van der Waals surface area contributed by atoms with Gasteiger partial charge in [-0.05, 0) is 50.3 Å². The van der Waals surface area contributed by atoms with Crippen molar-refractivity contribution in [3.63, 3.8) is 0 Å². The number of hydrogen-bond donors (Lipinski definition) is 1. The number of carbonyl (C=O) groups is 1. The molecule has 2 rings (SSSR count). The largest absolute Gasteiger partial charge is 0.399 e. The summed E-state index contributed by atoms with van der Waals surface area (Å²) in [5.41, 5.74) is 7.52. The second-order valence-corrected chi connectivity index (χ2v) is 5.57. The normalized spacial score (nSPS) is 16.7. The highest BCUT2D eigenvalue weighted by Gasteiger charge is 2.26. The fourth-order valence-corrected chi connectivity index (χ4v) is 2.61. The van der Waals surface area contributed by atoms with E-state index in [4.69, 9.17) is 5.73 Å². The van der Waals surface area contributed by atoms with Crippen LogP contribution in [0.5, 0.6) is 0 Å². The van der Waals surface area contributed by atoms with Crippen LogP contribution in [-0.4, -0.2) is 23.9 Å². The lowest BCUT2D eigenvalue weighted by Gasteiger charge is -2.33. The fourth-order valence-electron chi connectivity index (χ4n) is 2.61. The van der Waals surface area contributed by atoms with Gasteiger partial charge in [-0.3, -0.25) is 4.79 Å². The number of amides is 1. The summed E-state index contributed by atoms with van der Waals surface area (Å²) in [5.74, 6) is 0.834. The van der Waals surface area contributed by atoms with Gasteiger partial charge in [-0.1, -0.05) is 18.6 Å². The van der Waals surface area contributed by atoms with Gasteiger partial charge in [-0.15, -0.1) is 0 Å². The first-order chi connectivity index (χ1) is 9.11. The van der Waals surface area contributed by atoms with E-state index in [1.807, 2.05) is 36.1 Å². The molecule has 1 fully saturated rings. The van der Waals surface area contributed by atoms with E-state index in [0.29, 0.717) is 0 Å². The van der Waals surface area contributed by atoms with Crippen LogP contribution in [0.2, 0.25) is 0 Å². The maximum Gasteiger partial charge on any atom is 0.229 e. The van der Waals surface area contributed by atoms with E-state index in [1.54, 1.807) is 0 Å². The smallest absolute Gasteiger partial charge is 0.229 e. The first-order valence-electron chi connectivity index (χ1n) is 7.26. The summed E-state index contributed by atoms with van der Waals surface area (Å²) in [5, 5.41) is 0. The number of nitrogens with zero attached hydrogens (tertiary/aromatic N) is 1. The summed E-state index contributed by atoms with van der Waals surface area (Å²) >= 11 is 0. The average molecular weight is 260 g/mol. The molecule has 0 aliphatic heterocycles. The monoisotopic (exact) mass is 260 g/mol. The molecule has 0 aromatic heterocycles. The number of hydrogen-bond acceptors (Lipinski definition) is 2. The summed E-state index contributed by atoms with van der Waals surface area (Å²) in [4.78, 5) is 14.5. The van der Waals surface area contributed by atoms with Crippen molar-refractivity contribution in [1.82, 2.24) is 4.90 Å². The summed E-state index contributed by atoms with van der Waals surface area (Å²) in [6.45, 7) is 5.74. The van der Waals surface area contributed by atoms with Crippen LogP contribution in [0.15, 0.2) is 24.3 Å². The Hall–Kier alpha value is -1.51. The lowest BCUT2D eigenvalue weighted by molar-refractivity contribution is -0.133. The average Bonchev–Trinajstić information content (AvgIpc) is 2.36. The number of carbonyl (C=O) groups excluding carboxylic acids is 1. The molecule has 2 N–H and O–H groups in total. The zero-order valence-electron chi connectivity index (χ0n) is 11.9. The first-order valence-corrected chi connectivity index (χ1v) is 7.26. The fraction of sp³-hybridized carbons (Fsp3) is 0.562. The lowest BCUT2D eigenvalue weighted by atomic mass is 9.85. The molecule has 1 unspecified atom stereocenters. The maximum atomic E-state index is 12.5. The number of nitrogen functional groups attached to an aromatic ring is 1. The van der Waals surface area contributed by atoms with Crippen LogP contribution < -0.4 is 5.73 Å². The molecule has 0 saturated heterocycles. The molecule has 1 aromatic carbocycles. The molecule has 19 heavy (non-hydrogen) atoms. The molecular formula is C16H24N2O. The van der Waals surface area contributed by atoms with Crippen LogP contribution in [0.4, 0.5) is 5.69 Å². The van der Waals surface area contributed by atoms with Crippen LogP contribution in [0.25, 0.3) is 0 Å². The van der Waals surface area contributed by atoms with Crippen molar-refractivity contribution < 1.29 is 4.79 Å². The van der Waals surface area contributed by atoms with E-state index < -0.39 is 0 Å². The number of nitrogens with two attached hydrogens (primary N) is 1. The standard InChI is InChI=1S/C16H24N2O/c1-3-18(11-13-6-4-7-13)16(19)12(2)14-8-5-9-15(17)10-14/h5,8-10,12-13H,3-4,6-7,11,17H2,1-2H3. The minimum absolute atomic E-state index is 0.108. The highest BCUT2D eigenvalue weighted by molar-refractivity contribution is 5.83. The van der Waals surface area contributed by atoms with Crippen molar-refractivity contribution in [3.8, 4) is 0 Å². The molecule has 3 heteroatoms. The van der Waals surface area contributed by atoms with Gasteiger partial charge >= 0.3 is 0 Å². The molecule has 1 aromatic rings. The maximum absolute atomic E-state index is 12.5. The van der Waals surface area contributed by atoms with Gasteiger partial charge < -0.3 is 10.6 Å². The molecule has 0 bridgehead atoms. The van der Waals surface area contributed by atoms with Gasteiger partial charge in [-0.2, -0.15) is 0 Å². The number of benzene rings is 1. The molecule has 1 saturated carbocycles. The molecule has 1 atom stereocenters. The zero-order chi connectivity index (χ0) is 13.8. The van der Waals surface area contributed by atoms with Crippen LogP contribution in [0.1, 0.15) is 44.6 Å². The Kier molecular flexibility index (Phi) is 4.46. The molecule has 1 aliphatic carbocycles. The van der Waals surface area contributed by atoms with Gasteiger partial charge in [-0.25, -0.2) is 0 Å². The Morgan fingerprint density at radius 2 is 2.21 bits per heavy atom. The molecule has 0 radical (unpaired) electrons. The molecule has 1 amide bonds. The molecule has 104 valence electrons. The SMILES string of the molecule is CCN(CC1CCC1)C(=O)C(C)c1cccc(N)c1. The molecular weight excluding hydrogens is 236 g/mol. The van der Waals surface area contributed by atoms with Crippen molar-refractivity contribution in [3.05, 3.63) is 29.8 Å². The topological polar surface area (TPSA) is 46.3 Å². The highest BCUT2D eigenvalue weighted by atomic mass is 16.2. The van der Waals surface area contributed by atoms with Crippen molar-refractivity contribution in [2.75, 3.05) is 18.8 Å². The van der Waals surface area contributed by atoms with Crippen LogP contribution in [-0.2, 0) is 4.79 Å². The predicted molar refractivity (Wildman–Crippen MR) is 78.9 cm³/mol. The molecule has 1 aliphatic rings. The van der Waals surface area contributed by atoms with Crippen molar-refractivity contribution in [2.45, 2.75) is 39.0 Å². The second-order valence-electron chi connectivity index (χ2n) is 5.57. The van der Waals surface area contributed by atoms with E-state index in [-0.39, 0.29) is 11.8 Å². The Balaban J connectivity index is 2.03. The number of anilines is 1. The lowest BCUT2D eigenvalue weighted by Crippen LogP contribution is -2.39. The minimum atomic E-state index is -0.108.